The smallest absolute Gasteiger partial charge is 0.00258 e. The van der Waals surface area contributed by atoms with Gasteiger partial charge in [-0.1, -0.05) is 97.6 Å². The fraction of sp³-hybridized carbons (Fsp3) is 0.308. The number of hydrogen-bond acceptors (Lipinski definition) is 0. The summed E-state index contributed by atoms with van der Waals surface area (Å²) in [6, 6.07) is 27.2. The van der Waals surface area contributed by atoms with Gasteiger partial charge in [-0.3, -0.25) is 0 Å². The molecule has 0 radical (unpaired) electrons. The highest BCUT2D eigenvalue weighted by atomic mass is 14.2. The maximum absolute atomic E-state index is 2.35. The van der Waals surface area contributed by atoms with E-state index >= 15 is 0 Å². The van der Waals surface area contributed by atoms with E-state index in [1.807, 2.05) is 0 Å². The zero-order valence-corrected chi connectivity index (χ0v) is 15.7. The van der Waals surface area contributed by atoms with E-state index in [1.54, 1.807) is 0 Å². The van der Waals surface area contributed by atoms with Crippen LogP contribution in [0.3, 0.4) is 0 Å². The van der Waals surface area contributed by atoms with Crippen LogP contribution in [0.4, 0.5) is 0 Å². The minimum absolute atomic E-state index is 0.787. The van der Waals surface area contributed by atoms with Crippen LogP contribution in [0.5, 0.6) is 0 Å². The van der Waals surface area contributed by atoms with E-state index in [0.717, 1.165) is 12.3 Å². The zero-order chi connectivity index (χ0) is 17.8. The molecule has 0 unspecified atom stereocenters. The van der Waals surface area contributed by atoms with Gasteiger partial charge in [0.05, 0.1) is 0 Å². The number of benzene rings is 3. The summed E-state index contributed by atoms with van der Waals surface area (Å²) in [7, 11) is 0. The number of hydrogen-bond donors (Lipinski definition) is 0. The van der Waals surface area contributed by atoms with Crippen molar-refractivity contribution >= 4 is 0 Å². The van der Waals surface area contributed by atoms with Crippen molar-refractivity contribution in [1.29, 1.82) is 0 Å². The predicted molar refractivity (Wildman–Crippen MR) is 112 cm³/mol. The Labute approximate surface area is 157 Å². The Kier molecular flexibility index (Phi) is 5.20. The highest BCUT2D eigenvalue weighted by Gasteiger charge is 2.15. The van der Waals surface area contributed by atoms with E-state index in [-0.39, 0.29) is 0 Å². The summed E-state index contributed by atoms with van der Waals surface area (Å²) in [5.74, 6) is 0.787. The van der Waals surface area contributed by atoms with Crippen LogP contribution in [-0.2, 0) is 6.42 Å². The summed E-state index contributed by atoms with van der Waals surface area (Å²) >= 11 is 0. The van der Waals surface area contributed by atoms with Gasteiger partial charge in [-0.05, 0) is 59.9 Å². The molecule has 0 aliphatic heterocycles. The lowest BCUT2D eigenvalue weighted by Crippen LogP contribution is -2.04. The fourth-order valence-electron chi connectivity index (χ4n) is 4.14. The maximum atomic E-state index is 2.35. The van der Waals surface area contributed by atoms with Gasteiger partial charge in [0.15, 0.2) is 0 Å². The normalized spacial score (nSPS) is 15.1. The first-order valence-electron chi connectivity index (χ1n) is 10.0. The Bertz CT molecular complexity index is 817. The molecule has 3 aromatic carbocycles. The van der Waals surface area contributed by atoms with Gasteiger partial charge in [-0.2, -0.15) is 0 Å². The summed E-state index contributed by atoms with van der Waals surface area (Å²) < 4.78 is 0. The van der Waals surface area contributed by atoms with Gasteiger partial charge in [-0.25, -0.2) is 0 Å². The first-order chi connectivity index (χ1) is 12.8. The SMILES string of the molecule is Cc1ccc(Cc2ccc(-c3ccc(C4CCCCC4)cc3)cc2)cc1. The van der Waals surface area contributed by atoms with Crippen LogP contribution >= 0.6 is 0 Å². The van der Waals surface area contributed by atoms with Crippen molar-refractivity contribution in [2.24, 2.45) is 0 Å². The Morgan fingerprint density at radius 1 is 0.615 bits per heavy atom. The largest absolute Gasteiger partial charge is 0.0590 e. The van der Waals surface area contributed by atoms with Crippen LogP contribution in [0, 0.1) is 6.92 Å². The van der Waals surface area contributed by atoms with Crippen LogP contribution in [-0.4, -0.2) is 0 Å². The Hall–Kier alpha value is -2.34. The zero-order valence-electron chi connectivity index (χ0n) is 15.7. The van der Waals surface area contributed by atoms with Gasteiger partial charge in [0, 0.05) is 0 Å². The Morgan fingerprint density at radius 3 is 1.69 bits per heavy atom. The predicted octanol–water partition coefficient (Wildman–Crippen LogP) is 7.30. The third kappa shape index (κ3) is 4.07. The summed E-state index contributed by atoms with van der Waals surface area (Å²) in [4.78, 5) is 0. The first-order valence-corrected chi connectivity index (χ1v) is 10.0. The van der Waals surface area contributed by atoms with E-state index in [4.69, 9.17) is 0 Å². The molecule has 26 heavy (non-hydrogen) atoms. The molecule has 0 nitrogen and oxygen atoms in total. The first kappa shape index (κ1) is 17.1. The average Bonchev–Trinajstić information content (AvgIpc) is 2.71. The van der Waals surface area contributed by atoms with Gasteiger partial charge in [0.1, 0.15) is 0 Å². The topological polar surface area (TPSA) is 0 Å². The molecular formula is C26H28. The molecule has 1 aliphatic rings. The molecule has 0 heterocycles. The average molecular weight is 341 g/mol. The van der Waals surface area contributed by atoms with E-state index in [0.29, 0.717) is 0 Å². The van der Waals surface area contributed by atoms with Crippen molar-refractivity contribution in [1.82, 2.24) is 0 Å². The Morgan fingerprint density at radius 2 is 1.12 bits per heavy atom. The summed E-state index contributed by atoms with van der Waals surface area (Å²) in [6.07, 6.45) is 7.95. The molecule has 0 bridgehead atoms. The third-order valence-electron chi connectivity index (χ3n) is 5.80. The van der Waals surface area contributed by atoms with E-state index in [2.05, 4.69) is 79.7 Å². The van der Waals surface area contributed by atoms with Gasteiger partial charge < -0.3 is 0 Å². The molecular weight excluding hydrogens is 312 g/mol. The maximum Gasteiger partial charge on any atom is -0.00258 e. The quantitative estimate of drug-likeness (QED) is 0.467. The van der Waals surface area contributed by atoms with Crippen LogP contribution < -0.4 is 0 Å². The molecule has 4 rings (SSSR count). The van der Waals surface area contributed by atoms with E-state index in [1.165, 1.54) is 65.5 Å². The van der Waals surface area contributed by atoms with E-state index in [9.17, 15) is 0 Å². The Balaban J connectivity index is 1.45. The van der Waals surface area contributed by atoms with Crippen molar-refractivity contribution in [2.75, 3.05) is 0 Å². The van der Waals surface area contributed by atoms with Crippen LogP contribution in [0.1, 0.15) is 60.3 Å². The number of rotatable bonds is 4. The van der Waals surface area contributed by atoms with Crippen molar-refractivity contribution in [3.8, 4) is 11.1 Å². The fourth-order valence-corrected chi connectivity index (χ4v) is 4.14. The molecule has 0 saturated heterocycles. The highest BCUT2D eigenvalue weighted by Crippen LogP contribution is 2.33. The van der Waals surface area contributed by atoms with Gasteiger partial charge in [0.25, 0.3) is 0 Å². The standard InChI is InChI=1S/C26H28/c1-20-7-9-21(10-8-20)19-22-11-13-24(14-12-22)26-17-15-25(16-18-26)23-5-3-2-4-6-23/h7-18,23H,2-6,19H2,1H3. The van der Waals surface area contributed by atoms with Crippen molar-refractivity contribution in [3.05, 3.63) is 95.1 Å². The summed E-state index contributed by atoms with van der Waals surface area (Å²) in [6.45, 7) is 2.14. The molecule has 1 fully saturated rings. The molecule has 3 aromatic rings. The molecule has 0 heteroatoms. The third-order valence-corrected chi connectivity index (χ3v) is 5.80. The molecule has 1 saturated carbocycles. The molecule has 1 aliphatic carbocycles. The lowest BCUT2D eigenvalue weighted by molar-refractivity contribution is 0.443. The second-order valence-electron chi connectivity index (χ2n) is 7.82. The minimum Gasteiger partial charge on any atom is -0.0590 e. The lowest BCUT2D eigenvalue weighted by atomic mass is 9.83. The molecule has 0 N–H and O–H groups in total. The van der Waals surface area contributed by atoms with E-state index < -0.39 is 0 Å². The summed E-state index contributed by atoms with van der Waals surface area (Å²) in [5.41, 5.74) is 8.24. The van der Waals surface area contributed by atoms with Gasteiger partial charge >= 0.3 is 0 Å². The minimum atomic E-state index is 0.787. The molecule has 132 valence electrons. The van der Waals surface area contributed by atoms with Crippen LogP contribution in [0.15, 0.2) is 72.8 Å². The van der Waals surface area contributed by atoms with Crippen LogP contribution in [0.2, 0.25) is 0 Å². The lowest BCUT2D eigenvalue weighted by Gasteiger charge is -2.22. The second kappa shape index (κ2) is 7.91. The molecule has 0 atom stereocenters. The number of aryl methyl sites for hydroxylation is 1. The van der Waals surface area contributed by atoms with Crippen molar-refractivity contribution in [2.45, 2.75) is 51.4 Å². The van der Waals surface area contributed by atoms with Gasteiger partial charge in [-0.15, -0.1) is 0 Å². The molecule has 0 spiro atoms. The highest BCUT2D eigenvalue weighted by molar-refractivity contribution is 5.64. The van der Waals surface area contributed by atoms with Gasteiger partial charge in [0.2, 0.25) is 0 Å². The molecule has 0 amide bonds. The van der Waals surface area contributed by atoms with Crippen molar-refractivity contribution < 1.29 is 0 Å². The summed E-state index contributed by atoms with van der Waals surface area (Å²) in [5, 5.41) is 0. The van der Waals surface area contributed by atoms with Crippen molar-refractivity contribution in [3.63, 3.8) is 0 Å². The monoisotopic (exact) mass is 340 g/mol. The molecule has 0 aromatic heterocycles. The second-order valence-corrected chi connectivity index (χ2v) is 7.82. The van der Waals surface area contributed by atoms with Crippen LogP contribution in [0.25, 0.3) is 11.1 Å².